The third-order valence-corrected chi connectivity index (χ3v) is 3.92. The number of rotatable bonds is 5. The molecule has 6 heteroatoms. The van der Waals surface area contributed by atoms with Crippen LogP contribution >= 0.6 is 0 Å². The fourth-order valence-corrected chi connectivity index (χ4v) is 2.74. The average molecular weight is 302 g/mol. The van der Waals surface area contributed by atoms with Gasteiger partial charge in [-0.15, -0.1) is 0 Å². The lowest BCUT2D eigenvalue weighted by Crippen LogP contribution is -2.32. The second-order valence-corrected chi connectivity index (χ2v) is 5.59. The highest BCUT2D eigenvalue weighted by Gasteiger charge is 2.30. The molecule has 2 rings (SSSR count). The molecule has 0 aliphatic heterocycles. The van der Waals surface area contributed by atoms with Crippen LogP contribution in [0, 0.1) is 0 Å². The molecule has 1 aliphatic carbocycles. The van der Waals surface area contributed by atoms with Gasteiger partial charge in [-0.25, -0.2) is 0 Å². The minimum absolute atomic E-state index is 0.308. The zero-order chi connectivity index (χ0) is 15.3. The van der Waals surface area contributed by atoms with Gasteiger partial charge in [-0.3, -0.25) is 4.79 Å². The molecule has 1 aromatic heterocycles. The van der Waals surface area contributed by atoms with Crippen molar-refractivity contribution in [3.05, 3.63) is 34.2 Å². The van der Waals surface area contributed by atoms with Crippen LogP contribution in [0.25, 0.3) is 0 Å². The number of pyridine rings is 1. The van der Waals surface area contributed by atoms with Gasteiger partial charge in [0.1, 0.15) is 0 Å². The van der Waals surface area contributed by atoms with E-state index in [1.807, 2.05) is 0 Å². The molecule has 0 spiro atoms. The number of nitrogens with one attached hydrogen (secondary N) is 1. The summed E-state index contributed by atoms with van der Waals surface area (Å²) >= 11 is 0. The van der Waals surface area contributed by atoms with Crippen molar-refractivity contribution in [1.29, 1.82) is 0 Å². The zero-order valence-corrected chi connectivity index (χ0v) is 12.0. The van der Waals surface area contributed by atoms with Gasteiger partial charge in [-0.05, 0) is 31.9 Å². The van der Waals surface area contributed by atoms with E-state index in [9.17, 15) is 18.0 Å². The van der Waals surface area contributed by atoms with Crippen LogP contribution in [0.5, 0.6) is 0 Å². The first kappa shape index (κ1) is 16.1. The monoisotopic (exact) mass is 302 g/mol. The summed E-state index contributed by atoms with van der Waals surface area (Å²) in [6, 6.07) is 2.34. The first-order valence-corrected chi connectivity index (χ1v) is 7.48. The van der Waals surface area contributed by atoms with E-state index in [4.69, 9.17) is 0 Å². The minimum atomic E-state index is -4.41. The van der Waals surface area contributed by atoms with Crippen molar-refractivity contribution < 1.29 is 13.2 Å². The Morgan fingerprint density at radius 3 is 2.57 bits per heavy atom. The summed E-state index contributed by atoms with van der Waals surface area (Å²) in [5.41, 5.74) is -1.16. The van der Waals surface area contributed by atoms with Crippen LogP contribution in [0.4, 0.5) is 13.2 Å². The molecule has 21 heavy (non-hydrogen) atoms. The molecule has 1 fully saturated rings. The molecule has 1 N–H and O–H groups in total. The number of hydrogen-bond acceptors (Lipinski definition) is 2. The Morgan fingerprint density at radius 1 is 1.19 bits per heavy atom. The average Bonchev–Trinajstić information content (AvgIpc) is 2.45. The van der Waals surface area contributed by atoms with Gasteiger partial charge < -0.3 is 9.88 Å². The van der Waals surface area contributed by atoms with E-state index in [1.165, 1.54) is 32.1 Å². The summed E-state index contributed by atoms with van der Waals surface area (Å²) in [5, 5.41) is 3.42. The van der Waals surface area contributed by atoms with Crippen LogP contribution in [0.1, 0.15) is 44.1 Å². The van der Waals surface area contributed by atoms with E-state index in [0.717, 1.165) is 29.4 Å². The number of nitrogens with zero attached hydrogens (tertiary/aromatic N) is 1. The molecule has 118 valence electrons. The summed E-state index contributed by atoms with van der Waals surface area (Å²) < 4.78 is 39.0. The Hall–Kier alpha value is -1.30. The van der Waals surface area contributed by atoms with Crippen LogP contribution in [0.15, 0.2) is 23.1 Å². The molecule has 1 aliphatic rings. The van der Waals surface area contributed by atoms with Gasteiger partial charge in [0.15, 0.2) is 0 Å². The third kappa shape index (κ3) is 4.88. The maximum Gasteiger partial charge on any atom is 0.417 e. The maximum atomic E-state index is 12.6. The smallest absolute Gasteiger partial charge is 0.315 e. The normalized spacial score (nSPS) is 17.1. The number of aryl methyl sites for hydroxylation is 1. The molecule has 0 saturated heterocycles. The summed E-state index contributed by atoms with van der Waals surface area (Å²) in [5.74, 6) is 0. The molecular weight excluding hydrogens is 281 g/mol. The van der Waals surface area contributed by atoms with Crippen LogP contribution in [-0.4, -0.2) is 17.2 Å². The molecule has 0 bridgehead atoms. The van der Waals surface area contributed by atoms with Gasteiger partial charge in [0.25, 0.3) is 5.56 Å². The molecule has 0 amide bonds. The topological polar surface area (TPSA) is 34.0 Å². The highest BCUT2D eigenvalue weighted by Crippen LogP contribution is 2.28. The molecule has 0 atom stereocenters. The Labute approximate surface area is 122 Å². The van der Waals surface area contributed by atoms with Gasteiger partial charge in [0.05, 0.1) is 5.56 Å². The Morgan fingerprint density at radius 2 is 1.90 bits per heavy atom. The van der Waals surface area contributed by atoms with Crippen molar-refractivity contribution in [3.63, 3.8) is 0 Å². The van der Waals surface area contributed by atoms with Crippen molar-refractivity contribution in [2.45, 2.75) is 57.3 Å². The molecule has 0 unspecified atom stereocenters. The number of aromatic nitrogens is 1. The van der Waals surface area contributed by atoms with Gasteiger partial charge in [0, 0.05) is 24.8 Å². The van der Waals surface area contributed by atoms with Gasteiger partial charge in [0.2, 0.25) is 0 Å². The fraction of sp³-hybridized carbons (Fsp3) is 0.667. The lowest BCUT2D eigenvalue weighted by atomic mass is 9.95. The summed E-state index contributed by atoms with van der Waals surface area (Å²) in [7, 11) is 0. The number of halogens is 3. The highest BCUT2D eigenvalue weighted by atomic mass is 19.4. The van der Waals surface area contributed by atoms with Crippen molar-refractivity contribution >= 4 is 0 Å². The van der Waals surface area contributed by atoms with Crippen molar-refractivity contribution in [3.8, 4) is 0 Å². The van der Waals surface area contributed by atoms with Gasteiger partial charge in [-0.2, -0.15) is 13.2 Å². The Bertz CT molecular complexity index is 504. The lowest BCUT2D eigenvalue weighted by Gasteiger charge is -2.22. The van der Waals surface area contributed by atoms with Gasteiger partial charge in [-0.1, -0.05) is 19.3 Å². The van der Waals surface area contributed by atoms with Crippen LogP contribution in [0.3, 0.4) is 0 Å². The lowest BCUT2D eigenvalue weighted by molar-refractivity contribution is -0.138. The zero-order valence-electron chi connectivity index (χ0n) is 12.0. The Kier molecular flexibility index (Phi) is 5.45. The van der Waals surface area contributed by atoms with E-state index < -0.39 is 11.7 Å². The fourth-order valence-electron chi connectivity index (χ4n) is 2.74. The quantitative estimate of drug-likeness (QED) is 0.848. The standard InChI is InChI=1S/C15H21F3N2O/c16-15(17,18)12-7-8-14(21)20(11-12)10-4-9-19-13-5-2-1-3-6-13/h7-8,11,13,19H,1-6,9-10H2. The number of alkyl halides is 3. The predicted molar refractivity (Wildman–Crippen MR) is 75.2 cm³/mol. The molecule has 1 heterocycles. The largest absolute Gasteiger partial charge is 0.417 e. The van der Waals surface area contributed by atoms with E-state index in [-0.39, 0.29) is 5.56 Å². The molecule has 0 aromatic carbocycles. The first-order valence-electron chi connectivity index (χ1n) is 7.48. The first-order chi connectivity index (χ1) is 9.97. The van der Waals surface area contributed by atoms with Gasteiger partial charge >= 0.3 is 6.18 Å². The van der Waals surface area contributed by atoms with Crippen molar-refractivity contribution in [1.82, 2.24) is 9.88 Å². The molecule has 1 saturated carbocycles. The minimum Gasteiger partial charge on any atom is -0.315 e. The van der Waals surface area contributed by atoms with E-state index in [0.29, 0.717) is 19.0 Å². The summed E-state index contributed by atoms with van der Waals surface area (Å²) in [6.07, 6.45) is 3.26. The SMILES string of the molecule is O=c1ccc(C(F)(F)F)cn1CCCNC1CCCCC1. The van der Waals surface area contributed by atoms with Crippen LogP contribution in [0.2, 0.25) is 0 Å². The maximum absolute atomic E-state index is 12.6. The van der Waals surface area contributed by atoms with Crippen molar-refractivity contribution in [2.24, 2.45) is 0 Å². The molecule has 0 radical (unpaired) electrons. The van der Waals surface area contributed by atoms with E-state index in [1.54, 1.807) is 0 Å². The van der Waals surface area contributed by atoms with E-state index >= 15 is 0 Å². The molecular formula is C15H21F3N2O. The summed E-state index contributed by atoms with van der Waals surface area (Å²) in [4.78, 5) is 11.6. The van der Waals surface area contributed by atoms with Crippen molar-refractivity contribution in [2.75, 3.05) is 6.54 Å². The second kappa shape index (κ2) is 7.11. The third-order valence-electron chi connectivity index (χ3n) is 3.92. The van der Waals surface area contributed by atoms with Crippen LogP contribution in [-0.2, 0) is 12.7 Å². The van der Waals surface area contributed by atoms with E-state index in [2.05, 4.69) is 5.32 Å². The number of hydrogen-bond donors (Lipinski definition) is 1. The predicted octanol–water partition coefficient (Wildman–Crippen LogP) is 3.18. The summed E-state index contributed by atoms with van der Waals surface area (Å²) in [6.45, 7) is 1.04. The second-order valence-electron chi connectivity index (χ2n) is 5.59. The highest BCUT2D eigenvalue weighted by molar-refractivity contribution is 5.13. The molecule has 1 aromatic rings. The van der Waals surface area contributed by atoms with Crippen LogP contribution < -0.4 is 10.9 Å². The molecule has 3 nitrogen and oxygen atoms in total. The Balaban J connectivity index is 1.83.